The Bertz CT molecular complexity index is 353. The summed E-state index contributed by atoms with van der Waals surface area (Å²) in [6.45, 7) is 9.71. The van der Waals surface area contributed by atoms with Gasteiger partial charge in [-0.2, -0.15) is 0 Å². The van der Waals surface area contributed by atoms with E-state index in [9.17, 15) is 0 Å². The molecule has 1 N–H and O–H groups in total. The van der Waals surface area contributed by atoms with E-state index in [4.69, 9.17) is 9.47 Å². The number of unbranched alkanes of at least 4 members (excludes halogenated alkanes) is 1. The van der Waals surface area contributed by atoms with Gasteiger partial charge in [-0.1, -0.05) is 33.3 Å². The van der Waals surface area contributed by atoms with Crippen LogP contribution in [-0.4, -0.2) is 19.8 Å². The van der Waals surface area contributed by atoms with Gasteiger partial charge in [0.1, 0.15) is 11.5 Å². The minimum absolute atomic E-state index is 0.751. The molecule has 0 fully saturated rings. The molecule has 19 heavy (non-hydrogen) atoms. The van der Waals surface area contributed by atoms with E-state index in [1.54, 1.807) is 0 Å². The van der Waals surface area contributed by atoms with Gasteiger partial charge in [-0.3, -0.25) is 0 Å². The Morgan fingerprint density at radius 3 is 2.53 bits per heavy atom. The van der Waals surface area contributed by atoms with Crippen LogP contribution in [0.15, 0.2) is 18.2 Å². The molecule has 0 aliphatic heterocycles. The van der Waals surface area contributed by atoms with E-state index in [2.05, 4.69) is 32.2 Å². The normalized spacial score (nSPS) is 10.5. The van der Waals surface area contributed by atoms with E-state index in [0.717, 1.165) is 57.1 Å². The highest BCUT2D eigenvalue weighted by atomic mass is 16.5. The van der Waals surface area contributed by atoms with Crippen LogP contribution in [0, 0.1) is 0 Å². The summed E-state index contributed by atoms with van der Waals surface area (Å²) < 4.78 is 11.5. The molecule has 0 saturated heterocycles. The van der Waals surface area contributed by atoms with Gasteiger partial charge in [0, 0.05) is 18.2 Å². The van der Waals surface area contributed by atoms with Crippen molar-refractivity contribution in [3.63, 3.8) is 0 Å². The number of rotatable bonds is 10. The van der Waals surface area contributed by atoms with E-state index >= 15 is 0 Å². The Balaban J connectivity index is 2.71. The van der Waals surface area contributed by atoms with Crippen molar-refractivity contribution in [1.82, 2.24) is 5.32 Å². The first-order valence-corrected chi connectivity index (χ1v) is 7.41. The van der Waals surface area contributed by atoms with Gasteiger partial charge in [-0.25, -0.2) is 0 Å². The monoisotopic (exact) mass is 265 g/mol. The van der Waals surface area contributed by atoms with Gasteiger partial charge in [-0.05, 0) is 25.5 Å². The number of hydrogen-bond donors (Lipinski definition) is 1. The zero-order valence-corrected chi connectivity index (χ0v) is 12.5. The summed E-state index contributed by atoms with van der Waals surface area (Å²) in [6, 6.07) is 6.13. The van der Waals surface area contributed by atoms with Crippen molar-refractivity contribution < 1.29 is 9.47 Å². The van der Waals surface area contributed by atoms with Crippen molar-refractivity contribution >= 4 is 0 Å². The topological polar surface area (TPSA) is 30.5 Å². The minimum Gasteiger partial charge on any atom is -0.493 e. The van der Waals surface area contributed by atoms with Crippen molar-refractivity contribution in [2.75, 3.05) is 19.8 Å². The molecule has 0 radical (unpaired) electrons. The fourth-order valence-electron chi connectivity index (χ4n) is 1.71. The number of benzene rings is 1. The van der Waals surface area contributed by atoms with Crippen molar-refractivity contribution in [2.45, 2.75) is 46.6 Å². The number of nitrogens with one attached hydrogen (secondary N) is 1. The molecule has 0 amide bonds. The lowest BCUT2D eigenvalue weighted by Crippen LogP contribution is -2.13. The molecule has 0 aliphatic carbocycles. The molecule has 0 saturated carbocycles. The third-order valence-corrected chi connectivity index (χ3v) is 2.83. The standard InChI is InChI=1S/C16H27NO2/c1-4-7-11-19-16-12-15(18-10-5-2)9-8-14(16)13-17-6-3/h8-9,12,17H,4-7,10-11,13H2,1-3H3. The third kappa shape index (κ3) is 5.97. The van der Waals surface area contributed by atoms with Crippen LogP contribution in [0.25, 0.3) is 0 Å². The van der Waals surface area contributed by atoms with Crippen molar-refractivity contribution in [2.24, 2.45) is 0 Å². The highest BCUT2D eigenvalue weighted by Crippen LogP contribution is 2.25. The number of hydrogen-bond acceptors (Lipinski definition) is 3. The third-order valence-electron chi connectivity index (χ3n) is 2.83. The molecular formula is C16H27NO2. The highest BCUT2D eigenvalue weighted by molar-refractivity contribution is 5.40. The fraction of sp³-hybridized carbons (Fsp3) is 0.625. The predicted molar refractivity (Wildman–Crippen MR) is 80.0 cm³/mol. The molecule has 108 valence electrons. The van der Waals surface area contributed by atoms with Gasteiger partial charge >= 0.3 is 0 Å². The van der Waals surface area contributed by atoms with Crippen LogP contribution in [0.1, 0.15) is 45.6 Å². The van der Waals surface area contributed by atoms with E-state index < -0.39 is 0 Å². The van der Waals surface area contributed by atoms with Gasteiger partial charge in [0.15, 0.2) is 0 Å². The zero-order valence-electron chi connectivity index (χ0n) is 12.5. The SMILES string of the molecule is CCCCOc1cc(OCCC)ccc1CNCC. The van der Waals surface area contributed by atoms with Crippen LogP contribution < -0.4 is 14.8 Å². The summed E-state index contributed by atoms with van der Waals surface area (Å²) in [5.74, 6) is 1.84. The average Bonchev–Trinajstić information content (AvgIpc) is 2.44. The maximum absolute atomic E-state index is 5.88. The Morgan fingerprint density at radius 2 is 1.84 bits per heavy atom. The second-order valence-electron chi connectivity index (χ2n) is 4.60. The Kier molecular flexibility index (Phi) is 8.07. The first kappa shape index (κ1) is 15.8. The molecule has 0 spiro atoms. The second kappa shape index (κ2) is 9.68. The van der Waals surface area contributed by atoms with Gasteiger partial charge in [0.2, 0.25) is 0 Å². The van der Waals surface area contributed by atoms with Crippen LogP contribution in [0.4, 0.5) is 0 Å². The van der Waals surface area contributed by atoms with Crippen molar-refractivity contribution in [1.29, 1.82) is 0 Å². The molecule has 3 heteroatoms. The maximum Gasteiger partial charge on any atom is 0.127 e. The zero-order chi connectivity index (χ0) is 13.9. The fourth-order valence-corrected chi connectivity index (χ4v) is 1.71. The number of ether oxygens (including phenoxy) is 2. The van der Waals surface area contributed by atoms with Gasteiger partial charge in [0.05, 0.1) is 13.2 Å². The summed E-state index contributed by atoms with van der Waals surface area (Å²) in [5.41, 5.74) is 1.20. The summed E-state index contributed by atoms with van der Waals surface area (Å²) in [5, 5.41) is 3.34. The second-order valence-corrected chi connectivity index (χ2v) is 4.60. The maximum atomic E-state index is 5.88. The minimum atomic E-state index is 0.751. The van der Waals surface area contributed by atoms with Crippen LogP contribution in [0.2, 0.25) is 0 Å². The largest absolute Gasteiger partial charge is 0.493 e. The van der Waals surface area contributed by atoms with E-state index in [-0.39, 0.29) is 0 Å². The Hall–Kier alpha value is -1.22. The lowest BCUT2D eigenvalue weighted by Gasteiger charge is -2.14. The average molecular weight is 265 g/mol. The van der Waals surface area contributed by atoms with Crippen LogP contribution in [-0.2, 0) is 6.54 Å². The van der Waals surface area contributed by atoms with Gasteiger partial charge in [-0.15, -0.1) is 0 Å². The lowest BCUT2D eigenvalue weighted by atomic mass is 10.2. The molecule has 0 bridgehead atoms. The lowest BCUT2D eigenvalue weighted by molar-refractivity contribution is 0.294. The Labute approximate surface area is 117 Å². The molecule has 0 aliphatic rings. The summed E-state index contributed by atoms with van der Waals surface area (Å²) in [6.07, 6.45) is 3.25. The summed E-state index contributed by atoms with van der Waals surface area (Å²) in [4.78, 5) is 0. The molecule has 1 aromatic carbocycles. The molecule has 1 aromatic rings. The quantitative estimate of drug-likeness (QED) is 0.653. The van der Waals surface area contributed by atoms with E-state index in [1.165, 1.54) is 5.56 Å². The van der Waals surface area contributed by atoms with Crippen molar-refractivity contribution in [3.8, 4) is 11.5 Å². The molecular weight excluding hydrogens is 238 g/mol. The molecule has 3 nitrogen and oxygen atoms in total. The first-order chi connectivity index (χ1) is 9.31. The summed E-state index contributed by atoms with van der Waals surface area (Å²) in [7, 11) is 0. The van der Waals surface area contributed by atoms with Crippen molar-refractivity contribution in [3.05, 3.63) is 23.8 Å². The predicted octanol–water partition coefficient (Wildman–Crippen LogP) is 3.76. The first-order valence-electron chi connectivity index (χ1n) is 7.41. The molecule has 0 atom stereocenters. The van der Waals surface area contributed by atoms with Gasteiger partial charge in [0.25, 0.3) is 0 Å². The summed E-state index contributed by atoms with van der Waals surface area (Å²) >= 11 is 0. The van der Waals surface area contributed by atoms with Crippen LogP contribution >= 0.6 is 0 Å². The molecule has 0 unspecified atom stereocenters. The molecule has 1 rings (SSSR count). The van der Waals surface area contributed by atoms with E-state index in [1.807, 2.05) is 12.1 Å². The Morgan fingerprint density at radius 1 is 1.00 bits per heavy atom. The van der Waals surface area contributed by atoms with Crippen LogP contribution in [0.3, 0.4) is 0 Å². The van der Waals surface area contributed by atoms with E-state index in [0.29, 0.717) is 0 Å². The molecule has 0 aromatic heterocycles. The smallest absolute Gasteiger partial charge is 0.127 e. The van der Waals surface area contributed by atoms with Crippen LogP contribution in [0.5, 0.6) is 11.5 Å². The highest BCUT2D eigenvalue weighted by Gasteiger charge is 2.06. The molecule has 0 heterocycles. The van der Waals surface area contributed by atoms with Gasteiger partial charge < -0.3 is 14.8 Å².